The summed E-state index contributed by atoms with van der Waals surface area (Å²) in [6.45, 7) is 9.63. The number of hydrogen-bond acceptors (Lipinski definition) is 3. The van der Waals surface area contributed by atoms with Gasteiger partial charge in [0.25, 0.3) is 5.91 Å². The smallest absolute Gasteiger partial charge is 0.256 e. The lowest BCUT2D eigenvalue weighted by Gasteiger charge is -2.38. The van der Waals surface area contributed by atoms with Crippen LogP contribution in [-0.4, -0.2) is 24.7 Å². The Morgan fingerprint density at radius 3 is 2.62 bits per heavy atom. The van der Waals surface area contributed by atoms with E-state index in [1.165, 1.54) is 6.42 Å². The van der Waals surface area contributed by atoms with E-state index in [-0.39, 0.29) is 5.91 Å². The van der Waals surface area contributed by atoms with Crippen LogP contribution in [0.5, 0.6) is 5.75 Å². The van der Waals surface area contributed by atoms with Crippen LogP contribution < -0.4 is 10.1 Å². The van der Waals surface area contributed by atoms with Gasteiger partial charge in [-0.15, -0.1) is 0 Å². The number of nitrogens with one attached hydrogen (secondary N) is 1. The first-order chi connectivity index (χ1) is 11.4. The van der Waals surface area contributed by atoms with Gasteiger partial charge in [-0.05, 0) is 62.3 Å². The lowest BCUT2D eigenvalue weighted by molar-refractivity contribution is -0.147. The van der Waals surface area contributed by atoms with Crippen molar-refractivity contribution in [3.05, 3.63) is 24.3 Å². The molecule has 1 aliphatic rings. The zero-order chi connectivity index (χ0) is 17.6. The molecule has 1 aliphatic carbocycles. The monoisotopic (exact) mass is 333 g/mol. The molecule has 4 nitrogen and oxygen atoms in total. The van der Waals surface area contributed by atoms with Crippen molar-refractivity contribution in [3.8, 4) is 5.75 Å². The first-order valence-corrected chi connectivity index (χ1v) is 9.13. The SMILES string of the molecule is CCO[C@@]1(C(=O)Nc2ccc(OCC(C)C)cc2)CCC[C@H](C)C1. The molecule has 0 spiro atoms. The summed E-state index contributed by atoms with van der Waals surface area (Å²) in [5, 5.41) is 3.03. The number of ether oxygens (including phenoxy) is 2. The molecular formula is C20H31NO3. The lowest BCUT2D eigenvalue weighted by atomic mass is 9.78. The Hall–Kier alpha value is -1.55. The highest BCUT2D eigenvalue weighted by atomic mass is 16.5. The Labute approximate surface area is 145 Å². The number of benzene rings is 1. The third-order valence-electron chi connectivity index (χ3n) is 4.49. The van der Waals surface area contributed by atoms with Crippen LogP contribution in [0.2, 0.25) is 0 Å². The average molecular weight is 333 g/mol. The topological polar surface area (TPSA) is 47.6 Å². The second-order valence-electron chi connectivity index (χ2n) is 7.31. The fourth-order valence-corrected chi connectivity index (χ4v) is 3.32. The molecule has 4 heteroatoms. The molecular weight excluding hydrogens is 302 g/mol. The van der Waals surface area contributed by atoms with Crippen LogP contribution in [0.1, 0.15) is 53.4 Å². The molecule has 134 valence electrons. The highest BCUT2D eigenvalue weighted by Gasteiger charge is 2.42. The highest BCUT2D eigenvalue weighted by Crippen LogP contribution is 2.36. The minimum absolute atomic E-state index is 0.0215. The Morgan fingerprint density at radius 2 is 2.04 bits per heavy atom. The molecule has 1 N–H and O–H groups in total. The van der Waals surface area contributed by atoms with Gasteiger partial charge < -0.3 is 14.8 Å². The van der Waals surface area contributed by atoms with E-state index in [2.05, 4.69) is 26.1 Å². The minimum atomic E-state index is -0.681. The van der Waals surface area contributed by atoms with Crippen molar-refractivity contribution >= 4 is 11.6 Å². The van der Waals surface area contributed by atoms with Gasteiger partial charge >= 0.3 is 0 Å². The molecule has 0 aromatic heterocycles. The molecule has 0 radical (unpaired) electrons. The van der Waals surface area contributed by atoms with Crippen molar-refractivity contribution in [1.29, 1.82) is 0 Å². The largest absolute Gasteiger partial charge is 0.493 e. The highest BCUT2D eigenvalue weighted by molar-refractivity contribution is 5.97. The van der Waals surface area contributed by atoms with Gasteiger partial charge in [-0.2, -0.15) is 0 Å². The van der Waals surface area contributed by atoms with Gasteiger partial charge in [0.2, 0.25) is 0 Å². The van der Waals surface area contributed by atoms with Gasteiger partial charge in [0.15, 0.2) is 0 Å². The van der Waals surface area contributed by atoms with E-state index in [1.807, 2.05) is 31.2 Å². The summed E-state index contributed by atoms with van der Waals surface area (Å²) >= 11 is 0. The van der Waals surface area contributed by atoms with E-state index in [4.69, 9.17) is 9.47 Å². The van der Waals surface area contributed by atoms with Crippen LogP contribution in [0.4, 0.5) is 5.69 Å². The molecule has 1 saturated carbocycles. The zero-order valence-corrected chi connectivity index (χ0v) is 15.4. The van der Waals surface area contributed by atoms with E-state index < -0.39 is 5.60 Å². The van der Waals surface area contributed by atoms with Crippen molar-refractivity contribution in [2.45, 2.75) is 59.0 Å². The molecule has 1 aromatic rings. The normalized spacial score (nSPS) is 24.0. The maximum atomic E-state index is 12.9. The van der Waals surface area contributed by atoms with E-state index in [0.717, 1.165) is 30.7 Å². The van der Waals surface area contributed by atoms with Crippen LogP contribution in [0.25, 0.3) is 0 Å². The quantitative estimate of drug-likeness (QED) is 0.790. The predicted molar refractivity (Wildman–Crippen MR) is 97.4 cm³/mol. The lowest BCUT2D eigenvalue weighted by Crippen LogP contribution is -2.48. The summed E-state index contributed by atoms with van der Waals surface area (Å²) in [4.78, 5) is 12.9. The maximum Gasteiger partial charge on any atom is 0.256 e. The maximum absolute atomic E-state index is 12.9. The van der Waals surface area contributed by atoms with Gasteiger partial charge in [0.1, 0.15) is 11.4 Å². The Kier molecular flexibility index (Phi) is 6.67. The molecule has 0 aliphatic heterocycles. The van der Waals surface area contributed by atoms with Crippen LogP contribution in [0.15, 0.2) is 24.3 Å². The fraction of sp³-hybridized carbons (Fsp3) is 0.650. The van der Waals surface area contributed by atoms with Gasteiger partial charge in [-0.1, -0.05) is 27.2 Å². The molecule has 0 bridgehead atoms. The first-order valence-electron chi connectivity index (χ1n) is 9.13. The molecule has 2 atom stereocenters. The summed E-state index contributed by atoms with van der Waals surface area (Å²) in [6.07, 6.45) is 3.80. The number of rotatable bonds is 7. The van der Waals surface area contributed by atoms with Crippen molar-refractivity contribution in [1.82, 2.24) is 0 Å². The van der Waals surface area contributed by atoms with Crippen LogP contribution in [0.3, 0.4) is 0 Å². The van der Waals surface area contributed by atoms with Crippen LogP contribution in [-0.2, 0) is 9.53 Å². The third kappa shape index (κ3) is 4.97. The van der Waals surface area contributed by atoms with Crippen molar-refractivity contribution < 1.29 is 14.3 Å². The number of carbonyl (C=O) groups is 1. The Balaban J connectivity index is 2.01. The second-order valence-corrected chi connectivity index (χ2v) is 7.31. The zero-order valence-electron chi connectivity index (χ0n) is 15.4. The van der Waals surface area contributed by atoms with Gasteiger partial charge in [0.05, 0.1) is 6.61 Å². The molecule has 24 heavy (non-hydrogen) atoms. The molecule has 1 aromatic carbocycles. The number of anilines is 1. The first kappa shape index (κ1) is 18.8. The van der Waals surface area contributed by atoms with E-state index in [9.17, 15) is 4.79 Å². The van der Waals surface area contributed by atoms with E-state index >= 15 is 0 Å². The summed E-state index contributed by atoms with van der Waals surface area (Å²) in [5.74, 6) is 1.81. The minimum Gasteiger partial charge on any atom is -0.493 e. The molecule has 1 fully saturated rings. The molecule has 0 saturated heterocycles. The molecule has 0 heterocycles. The number of amides is 1. The summed E-state index contributed by atoms with van der Waals surface area (Å²) in [7, 11) is 0. The van der Waals surface area contributed by atoms with Crippen molar-refractivity contribution in [2.75, 3.05) is 18.5 Å². The summed E-state index contributed by atoms with van der Waals surface area (Å²) < 4.78 is 11.6. The number of hydrogen-bond donors (Lipinski definition) is 1. The predicted octanol–water partition coefficient (Wildman–Crippen LogP) is 4.65. The Bertz CT molecular complexity index is 522. The van der Waals surface area contributed by atoms with Gasteiger partial charge in [0, 0.05) is 12.3 Å². The van der Waals surface area contributed by atoms with E-state index in [0.29, 0.717) is 25.0 Å². The van der Waals surface area contributed by atoms with Crippen LogP contribution >= 0.6 is 0 Å². The van der Waals surface area contributed by atoms with Gasteiger partial charge in [-0.3, -0.25) is 4.79 Å². The molecule has 2 rings (SSSR count). The fourth-order valence-electron chi connectivity index (χ4n) is 3.32. The second kappa shape index (κ2) is 8.52. The summed E-state index contributed by atoms with van der Waals surface area (Å²) in [5.41, 5.74) is 0.105. The van der Waals surface area contributed by atoms with Crippen LogP contribution in [0, 0.1) is 11.8 Å². The standard InChI is InChI=1S/C20H31NO3/c1-5-24-20(12-6-7-16(4)13-20)19(22)21-17-8-10-18(11-9-17)23-14-15(2)3/h8-11,15-16H,5-7,12-14H2,1-4H3,(H,21,22)/t16-,20-/m0/s1. The van der Waals surface area contributed by atoms with Crippen molar-refractivity contribution in [2.24, 2.45) is 11.8 Å². The summed E-state index contributed by atoms with van der Waals surface area (Å²) in [6, 6.07) is 7.57. The Morgan fingerprint density at radius 1 is 1.33 bits per heavy atom. The van der Waals surface area contributed by atoms with Crippen molar-refractivity contribution in [3.63, 3.8) is 0 Å². The third-order valence-corrected chi connectivity index (χ3v) is 4.49. The van der Waals surface area contributed by atoms with Gasteiger partial charge in [-0.25, -0.2) is 0 Å². The molecule has 1 amide bonds. The van der Waals surface area contributed by atoms with E-state index in [1.54, 1.807) is 0 Å². The average Bonchev–Trinajstić information content (AvgIpc) is 2.54. The number of carbonyl (C=O) groups excluding carboxylic acids is 1. The molecule has 0 unspecified atom stereocenters.